The average Bonchev–Trinajstić information content (AvgIpc) is 3.26. The second-order valence-electron chi connectivity index (χ2n) is 6.68. The number of ether oxygens (including phenoxy) is 1. The van der Waals surface area contributed by atoms with E-state index in [1.807, 2.05) is 25.1 Å². The molecule has 1 unspecified atom stereocenters. The molecule has 0 radical (unpaired) electrons. The number of fused-ring (bicyclic) bond motifs is 2. The van der Waals surface area contributed by atoms with Crippen LogP contribution in [0.25, 0.3) is 11.2 Å². The zero-order chi connectivity index (χ0) is 19.3. The first kappa shape index (κ1) is 17.6. The Morgan fingerprint density at radius 1 is 1.29 bits per heavy atom. The van der Waals surface area contributed by atoms with Gasteiger partial charge in [-0.1, -0.05) is 18.2 Å². The van der Waals surface area contributed by atoms with Crippen LogP contribution in [0.2, 0.25) is 0 Å². The van der Waals surface area contributed by atoms with E-state index in [4.69, 9.17) is 24.0 Å². The van der Waals surface area contributed by atoms with Gasteiger partial charge in [-0.3, -0.25) is 13.6 Å². The van der Waals surface area contributed by atoms with Crippen molar-refractivity contribution in [2.45, 2.75) is 38.4 Å². The smallest absolute Gasteiger partial charge is 0.404 e. The molecular formula is C17H18N5O5P. The Bertz CT molecular complexity index is 1090. The highest BCUT2D eigenvalue weighted by atomic mass is 31.2. The average molecular weight is 403 g/mol. The normalized spacial score (nSPS) is 29.5. The van der Waals surface area contributed by atoms with E-state index in [2.05, 4.69) is 15.0 Å². The predicted molar refractivity (Wildman–Crippen MR) is 98.3 cm³/mol. The fourth-order valence-corrected chi connectivity index (χ4v) is 4.86. The summed E-state index contributed by atoms with van der Waals surface area (Å²) in [6, 6.07) is 7.27. The van der Waals surface area contributed by atoms with Gasteiger partial charge in [0.15, 0.2) is 11.5 Å². The van der Waals surface area contributed by atoms with E-state index in [-0.39, 0.29) is 12.7 Å². The van der Waals surface area contributed by atoms with Gasteiger partial charge < -0.3 is 15.0 Å². The first-order chi connectivity index (χ1) is 13.5. The molecule has 2 aliphatic rings. The summed E-state index contributed by atoms with van der Waals surface area (Å²) < 4.78 is 37.4. The molecule has 1 saturated heterocycles. The van der Waals surface area contributed by atoms with Crippen LogP contribution >= 0.6 is 7.82 Å². The van der Waals surface area contributed by atoms with E-state index in [1.54, 1.807) is 17.0 Å². The summed E-state index contributed by atoms with van der Waals surface area (Å²) in [5.74, 6) is 0.808. The minimum Gasteiger partial charge on any atom is -0.404 e. The molecule has 2 N–H and O–H groups in total. The SMILES string of the molecule is C[C@H]1O[C@@H](n2cnc3c(N)ncnc32)C[C@@H]1OP1(=O)OCc2ccccc2O1. The molecule has 0 saturated carbocycles. The maximum Gasteiger partial charge on any atom is 0.530 e. The molecule has 10 nitrogen and oxygen atoms in total. The maximum absolute atomic E-state index is 13.0. The number of hydrogen-bond donors (Lipinski definition) is 1. The summed E-state index contributed by atoms with van der Waals surface area (Å²) in [4.78, 5) is 12.4. The highest BCUT2D eigenvalue weighted by Crippen LogP contribution is 2.56. The zero-order valence-electron chi connectivity index (χ0n) is 15.0. The Balaban J connectivity index is 1.35. The van der Waals surface area contributed by atoms with Crippen LogP contribution in [0.5, 0.6) is 5.75 Å². The second kappa shape index (κ2) is 6.52. The van der Waals surface area contributed by atoms with E-state index in [9.17, 15) is 4.57 Å². The van der Waals surface area contributed by atoms with Crippen molar-refractivity contribution >= 4 is 24.8 Å². The molecule has 0 spiro atoms. The van der Waals surface area contributed by atoms with Crippen molar-refractivity contribution < 1.29 is 22.9 Å². The lowest BCUT2D eigenvalue weighted by molar-refractivity contribution is -0.00875. The second-order valence-corrected chi connectivity index (χ2v) is 8.22. The molecule has 146 valence electrons. The van der Waals surface area contributed by atoms with Gasteiger partial charge in [-0.2, -0.15) is 0 Å². The Kier molecular flexibility index (Phi) is 4.09. The Morgan fingerprint density at radius 2 is 2.14 bits per heavy atom. The molecule has 0 amide bonds. The molecule has 3 aromatic rings. The van der Waals surface area contributed by atoms with E-state index in [1.165, 1.54) is 6.33 Å². The highest BCUT2D eigenvalue weighted by molar-refractivity contribution is 7.49. The number of hydrogen-bond acceptors (Lipinski definition) is 9. The van der Waals surface area contributed by atoms with Gasteiger partial charge in [0, 0.05) is 12.0 Å². The minimum atomic E-state index is -3.74. The van der Waals surface area contributed by atoms with Crippen LogP contribution in [0, 0.1) is 0 Å². The number of anilines is 1. The number of nitrogens with zero attached hydrogens (tertiary/aromatic N) is 4. The zero-order valence-corrected chi connectivity index (χ0v) is 15.9. The lowest BCUT2D eigenvalue weighted by Gasteiger charge is -2.27. The van der Waals surface area contributed by atoms with Crippen LogP contribution in [-0.2, 0) is 25.0 Å². The maximum atomic E-state index is 13.0. The first-order valence-corrected chi connectivity index (χ1v) is 10.3. The quantitative estimate of drug-likeness (QED) is 0.657. The fraction of sp³-hybridized carbons (Fsp3) is 0.353. The Hall–Kier alpha value is -2.52. The van der Waals surface area contributed by atoms with Gasteiger partial charge in [0.05, 0.1) is 19.0 Å². The van der Waals surface area contributed by atoms with Crippen LogP contribution in [0.3, 0.4) is 0 Å². The monoisotopic (exact) mass is 403 g/mol. The Labute approximate surface area is 160 Å². The fourth-order valence-electron chi connectivity index (χ4n) is 3.40. The molecule has 4 atom stereocenters. The summed E-state index contributed by atoms with van der Waals surface area (Å²) in [6.07, 6.45) is 2.18. The molecule has 1 fully saturated rings. The molecule has 0 aliphatic carbocycles. The summed E-state index contributed by atoms with van der Waals surface area (Å²) >= 11 is 0. The third kappa shape index (κ3) is 2.94. The van der Waals surface area contributed by atoms with Crippen molar-refractivity contribution in [1.82, 2.24) is 19.5 Å². The van der Waals surface area contributed by atoms with Crippen LogP contribution in [-0.4, -0.2) is 31.7 Å². The van der Waals surface area contributed by atoms with E-state index >= 15 is 0 Å². The molecule has 28 heavy (non-hydrogen) atoms. The molecule has 0 bridgehead atoms. The van der Waals surface area contributed by atoms with Crippen molar-refractivity contribution in [2.24, 2.45) is 0 Å². The number of phosphoric acid groups is 1. The number of para-hydroxylation sites is 1. The molecule has 11 heteroatoms. The van der Waals surface area contributed by atoms with Gasteiger partial charge in [-0.05, 0) is 13.0 Å². The van der Waals surface area contributed by atoms with Crippen molar-refractivity contribution in [2.75, 3.05) is 5.73 Å². The first-order valence-electron chi connectivity index (χ1n) is 8.81. The Morgan fingerprint density at radius 3 is 3.04 bits per heavy atom. The molecule has 1 aromatic carbocycles. The lowest BCUT2D eigenvalue weighted by Crippen LogP contribution is -2.23. The molecule has 2 aromatic heterocycles. The van der Waals surface area contributed by atoms with Crippen LogP contribution in [0.15, 0.2) is 36.9 Å². The number of benzene rings is 1. The van der Waals surface area contributed by atoms with E-state index in [0.29, 0.717) is 29.2 Å². The van der Waals surface area contributed by atoms with Gasteiger partial charge in [0.1, 0.15) is 29.9 Å². The third-order valence-electron chi connectivity index (χ3n) is 4.85. The summed E-state index contributed by atoms with van der Waals surface area (Å²) in [5.41, 5.74) is 7.74. The number of nitrogen functional groups attached to an aromatic ring is 1. The molecule has 5 rings (SSSR count). The van der Waals surface area contributed by atoms with Gasteiger partial charge in [0.25, 0.3) is 0 Å². The number of aromatic nitrogens is 4. The van der Waals surface area contributed by atoms with E-state index < -0.39 is 20.2 Å². The van der Waals surface area contributed by atoms with Crippen molar-refractivity contribution in [3.05, 3.63) is 42.5 Å². The largest absolute Gasteiger partial charge is 0.530 e. The van der Waals surface area contributed by atoms with Crippen molar-refractivity contribution in [3.63, 3.8) is 0 Å². The van der Waals surface area contributed by atoms with Crippen LogP contribution in [0.4, 0.5) is 5.82 Å². The standard InChI is InChI=1S/C17H18N5O5P/c1-10-13(27-28(23)24-7-11-4-2-3-5-12(11)26-28)6-14(25-10)22-9-21-15-16(18)19-8-20-17(15)22/h2-5,8-10,13-14H,6-7H2,1H3,(H2,18,19,20)/t10-,13+,14-,28?/m1/s1. The number of nitrogens with two attached hydrogens (primary N) is 1. The predicted octanol–water partition coefficient (Wildman–Crippen LogP) is 2.82. The third-order valence-corrected chi connectivity index (χ3v) is 6.25. The van der Waals surface area contributed by atoms with Crippen molar-refractivity contribution in [1.29, 1.82) is 0 Å². The minimum absolute atomic E-state index is 0.168. The van der Waals surface area contributed by atoms with Gasteiger partial charge in [0.2, 0.25) is 0 Å². The summed E-state index contributed by atoms with van der Waals surface area (Å²) in [6.45, 7) is 2.01. The van der Waals surface area contributed by atoms with Gasteiger partial charge in [-0.25, -0.2) is 19.5 Å². The summed E-state index contributed by atoms with van der Waals surface area (Å²) in [5, 5.41) is 0. The molecule has 2 aliphatic heterocycles. The number of rotatable bonds is 3. The van der Waals surface area contributed by atoms with E-state index in [0.717, 1.165) is 5.56 Å². The molecule has 4 heterocycles. The molecular weight excluding hydrogens is 385 g/mol. The van der Waals surface area contributed by atoms with Gasteiger partial charge >= 0.3 is 7.82 Å². The van der Waals surface area contributed by atoms with Crippen LogP contribution < -0.4 is 10.3 Å². The van der Waals surface area contributed by atoms with Crippen LogP contribution in [0.1, 0.15) is 25.1 Å². The highest BCUT2D eigenvalue weighted by Gasteiger charge is 2.43. The number of phosphoric ester groups is 1. The lowest BCUT2D eigenvalue weighted by atomic mass is 10.2. The van der Waals surface area contributed by atoms with Crippen molar-refractivity contribution in [3.8, 4) is 5.75 Å². The topological polar surface area (TPSA) is 124 Å². The van der Waals surface area contributed by atoms with Gasteiger partial charge in [-0.15, -0.1) is 0 Å². The summed E-state index contributed by atoms with van der Waals surface area (Å²) in [7, 11) is -3.74. The number of imidazole rings is 1.